The van der Waals surface area contributed by atoms with Gasteiger partial charge in [-0.3, -0.25) is 4.79 Å². The number of pyridine rings is 1. The minimum Gasteiger partial charge on any atom is -0.355 e. The lowest BCUT2D eigenvalue weighted by Crippen LogP contribution is -2.41. The van der Waals surface area contributed by atoms with Crippen molar-refractivity contribution in [1.82, 2.24) is 14.4 Å². The summed E-state index contributed by atoms with van der Waals surface area (Å²) in [4.78, 5) is 16.5. The molecule has 0 radical (unpaired) electrons. The second-order valence-corrected chi connectivity index (χ2v) is 9.72. The first-order valence-corrected chi connectivity index (χ1v) is 12.0. The summed E-state index contributed by atoms with van der Waals surface area (Å²) in [5.74, 6) is -1.68. The number of carbonyl (C=O) groups excluding carboxylic acids is 1. The van der Waals surface area contributed by atoms with Crippen LogP contribution in [0.3, 0.4) is 0 Å². The highest BCUT2D eigenvalue weighted by atomic mass is 32.2. The van der Waals surface area contributed by atoms with Crippen LogP contribution in [0.5, 0.6) is 0 Å². The summed E-state index contributed by atoms with van der Waals surface area (Å²) in [7, 11) is -3.98. The smallest absolute Gasteiger partial charge is 0.248 e. The van der Waals surface area contributed by atoms with Gasteiger partial charge < -0.3 is 9.84 Å². The highest BCUT2D eigenvalue weighted by Crippen LogP contribution is 2.29. The number of benzene rings is 1. The molecular weight excluding hydrogens is 466 g/mol. The molecule has 8 nitrogen and oxygen atoms in total. The number of nitrogens with zero attached hydrogens (tertiary/aromatic N) is 3. The van der Waals surface area contributed by atoms with E-state index in [4.69, 9.17) is 4.52 Å². The Balaban J connectivity index is 1.47. The van der Waals surface area contributed by atoms with Gasteiger partial charge in [-0.15, -0.1) is 0 Å². The first-order valence-electron chi connectivity index (χ1n) is 10.6. The van der Waals surface area contributed by atoms with E-state index in [0.29, 0.717) is 18.7 Å². The van der Waals surface area contributed by atoms with Gasteiger partial charge in [0, 0.05) is 36.8 Å². The Morgan fingerprint density at radius 1 is 1.18 bits per heavy atom. The maximum absolute atomic E-state index is 13.9. The van der Waals surface area contributed by atoms with Crippen molar-refractivity contribution in [2.24, 2.45) is 5.92 Å². The van der Waals surface area contributed by atoms with Gasteiger partial charge in [-0.05, 0) is 56.2 Å². The minimum absolute atomic E-state index is 0.0590. The van der Waals surface area contributed by atoms with Gasteiger partial charge in [0.05, 0.1) is 0 Å². The maximum atomic E-state index is 13.9. The standard InChI is InChI=1S/C23H22F2N4O4S/c1-15-22(20(33-28-15)8-6-16-5-7-18(24)14-19(16)25)34(31,32)29-12-9-17(10-13-29)23(30)27-21-4-2-3-11-26-21/h2-8,11,14,17H,9-10,12-13H2,1H3,(H,26,27,30)/b8-6+. The van der Waals surface area contributed by atoms with Gasteiger partial charge in [0.15, 0.2) is 10.7 Å². The van der Waals surface area contributed by atoms with Crippen LogP contribution in [0, 0.1) is 24.5 Å². The molecule has 1 aromatic carbocycles. The van der Waals surface area contributed by atoms with Crippen LogP contribution in [0.4, 0.5) is 14.6 Å². The van der Waals surface area contributed by atoms with Gasteiger partial charge in [0.2, 0.25) is 15.9 Å². The van der Waals surface area contributed by atoms with E-state index >= 15 is 0 Å². The Labute approximate surface area is 195 Å². The van der Waals surface area contributed by atoms with E-state index in [9.17, 15) is 22.0 Å². The Kier molecular flexibility index (Phi) is 6.85. The fourth-order valence-electron chi connectivity index (χ4n) is 3.75. The average molecular weight is 489 g/mol. The number of halogens is 2. The highest BCUT2D eigenvalue weighted by Gasteiger charge is 2.36. The highest BCUT2D eigenvalue weighted by molar-refractivity contribution is 7.89. The molecule has 1 fully saturated rings. The molecule has 34 heavy (non-hydrogen) atoms. The van der Waals surface area contributed by atoms with Gasteiger partial charge in [-0.1, -0.05) is 11.2 Å². The van der Waals surface area contributed by atoms with Gasteiger partial charge in [0.25, 0.3) is 0 Å². The summed E-state index contributed by atoms with van der Waals surface area (Å²) in [5.41, 5.74) is 0.229. The third-order valence-corrected chi connectivity index (χ3v) is 7.61. The monoisotopic (exact) mass is 488 g/mol. The van der Waals surface area contributed by atoms with E-state index in [-0.39, 0.29) is 46.8 Å². The molecule has 1 saturated heterocycles. The van der Waals surface area contributed by atoms with E-state index in [2.05, 4.69) is 15.5 Å². The Bertz CT molecular complexity index is 1320. The molecule has 0 bridgehead atoms. The molecule has 1 aliphatic rings. The summed E-state index contributed by atoms with van der Waals surface area (Å²) >= 11 is 0. The molecule has 0 atom stereocenters. The lowest BCUT2D eigenvalue weighted by Gasteiger charge is -2.30. The predicted octanol–water partition coefficient (Wildman–Crippen LogP) is 3.87. The number of carbonyl (C=O) groups is 1. The number of hydrogen-bond acceptors (Lipinski definition) is 6. The van der Waals surface area contributed by atoms with Crippen LogP contribution < -0.4 is 5.32 Å². The van der Waals surface area contributed by atoms with Crippen LogP contribution >= 0.6 is 0 Å². The number of piperidine rings is 1. The second kappa shape index (κ2) is 9.82. The van der Waals surface area contributed by atoms with E-state index < -0.39 is 21.7 Å². The Morgan fingerprint density at radius 2 is 1.94 bits per heavy atom. The minimum atomic E-state index is -3.98. The number of aryl methyl sites for hydroxylation is 1. The largest absolute Gasteiger partial charge is 0.355 e. The number of nitrogens with one attached hydrogen (secondary N) is 1. The maximum Gasteiger partial charge on any atom is 0.248 e. The third kappa shape index (κ3) is 5.05. The van der Waals surface area contributed by atoms with Crippen LogP contribution in [-0.2, 0) is 14.8 Å². The van der Waals surface area contributed by atoms with Crippen molar-refractivity contribution < 1.29 is 26.5 Å². The first kappa shape index (κ1) is 23.7. The Hall–Kier alpha value is -3.44. The molecule has 0 unspecified atom stereocenters. The molecule has 2 aromatic heterocycles. The van der Waals surface area contributed by atoms with Gasteiger partial charge in [-0.2, -0.15) is 4.31 Å². The van der Waals surface area contributed by atoms with Gasteiger partial charge in [-0.25, -0.2) is 22.2 Å². The number of rotatable bonds is 6. The second-order valence-electron chi connectivity index (χ2n) is 7.84. The average Bonchev–Trinajstić information content (AvgIpc) is 3.20. The first-order chi connectivity index (χ1) is 16.3. The van der Waals surface area contributed by atoms with Crippen molar-refractivity contribution in [3.05, 3.63) is 71.2 Å². The topological polar surface area (TPSA) is 105 Å². The third-order valence-electron chi connectivity index (χ3n) is 5.55. The van der Waals surface area contributed by atoms with Crippen LogP contribution in [0.1, 0.15) is 29.9 Å². The summed E-state index contributed by atoms with van der Waals surface area (Å²) in [6.07, 6.45) is 4.84. The van der Waals surface area contributed by atoms with E-state index in [0.717, 1.165) is 12.1 Å². The fraction of sp³-hybridized carbons (Fsp3) is 0.261. The molecule has 1 N–H and O–H groups in total. The zero-order valence-corrected chi connectivity index (χ0v) is 19.1. The van der Waals surface area contributed by atoms with Crippen LogP contribution in [0.2, 0.25) is 0 Å². The molecule has 4 rings (SSSR count). The summed E-state index contributed by atoms with van der Waals surface area (Å²) in [6.45, 7) is 1.78. The number of anilines is 1. The van der Waals surface area contributed by atoms with Gasteiger partial charge >= 0.3 is 0 Å². The molecule has 0 spiro atoms. The van der Waals surface area contributed by atoms with Crippen LogP contribution in [0.25, 0.3) is 12.2 Å². The lowest BCUT2D eigenvalue weighted by molar-refractivity contribution is -0.120. The van der Waals surface area contributed by atoms with Crippen molar-refractivity contribution in [3.8, 4) is 0 Å². The summed E-state index contributed by atoms with van der Waals surface area (Å²) in [6, 6.07) is 8.25. The number of hydrogen-bond donors (Lipinski definition) is 1. The molecule has 0 aliphatic carbocycles. The Morgan fingerprint density at radius 3 is 2.62 bits per heavy atom. The number of aromatic nitrogens is 2. The molecule has 178 valence electrons. The summed E-state index contributed by atoms with van der Waals surface area (Å²) in [5, 5.41) is 6.50. The predicted molar refractivity (Wildman–Crippen MR) is 121 cm³/mol. The molecule has 3 heterocycles. The molecular formula is C23H22F2N4O4S. The molecule has 1 amide bonds. The SMILES string of the molecule is Cc1noc(/C=C/c2ccc(F)cc2F)c1S(=O)(=O)N1CCC(C(=O)Nc2ccccn2)CC1. The molecule has 11 heteroatoms. The van der Waals surface area contributed by atoms with Crippen molar-refractivity contribution in [3.63, 3.8) is 0 Å². The molecule has 3 aromatic rings. The lowest BCUT2D eigenvalue weighted by atomic mass is 9.97. The zero-order chi connectivity index (χ0) is 24.3. The van der Waals surface area contributed by atoms with Crippen LogP contribution in [-0.4, -0.2) is 41.9 Å². The summed E-state index contributed by atoms with van der Waals surface area (Å²) < 4.78 is 60.2. The van der Waals surface area contributed by atoms with Crippen LogP contribution in [0.15, 0.2) is 52.0 Å². The molecule has 0 saturated carbocycles. The van der Waals surface area contributed by atoms with Crippen molar-refractivity contribution >= 4 is 33.9 Å². The van der Waals surface area contributed by atoms with Crippen molar-refractivity contribution in [1.29, 1.82) is 0 Å². The van der Waals surface area contributed by atoms with Crippen molar-refractivity contribution in [2.45, 2.75) is 24.7 Å². The number of amides is 1. The van der Waals surface area contributed by atoms with E-state index in [1.165, 1.54) is 29.4 Å². The number of sulfonamides is 1. The van der Waals surface area contributed by atoms with Crippen molar-refractivity contribution in [2.75, 3.05) is 18.4 Å². The van der Waals surface area contributed by atoms with Gasteiger partial charge in [0.1, 0.15) is 23.1 Å². The quantitative estimate of drug-likeness (QED) is 0.565. The normalized spacial score (nSPS) is 15.6. The van der Waals surface area contributed by atoms with E-state index in [1.807, 2.05) is 0 Å². The fourth-order valence-corrected chi connectivity index (χ4v) is 5.47. The molecule has 1 aliphatic heterocycles. The zero-order valence-electron chi connectivity index (χ0n) is 18.2. The van der Waals surface area contributed by atoms with E-state index in [1.54, 1.807) is 24.4 Å².